The topological polar surface area (TPSA) is 95.5 Å². The van der Waals surface area contributed by atoms with Crippen LogP contribution >= 0.6 is 0 Å². The summed E-state index contributed by atoms with van der Waals surface area (Å²) in [6.45, 7) is 0. The highest BCUT2D eigenvalue weighted by Gasteiger charge is 2.61. The van der Waals surface area contributed by atoms with E-state index in [1.807, 2.05) is 0 Å². The van der Waals surface area contributed by atoms with Crippen LogP contribution in [-0.2, 0) is 16.0 Å². The molecule has 1 aromatic rings. The Kier molecular flexibility index (Phi) is 3.54. The molecule has 1 aliphatic carbocycles. The van der Waals surface area contributed by atoms with Crippen molar-refractivity contribution in [1.29, 1.82) is 0 Å². The minimum atomic E-state index is -2.98. The molecule has 8 heteroatoms. The first kappa shape index (κ1) is 15.4. The number of alkyl halides is 2. The van der Waals surface area contributed by atoms with Crippen LogP contribution in [0.2, 0.25) is 0 Å². The van der Waals surface area contributed by atoms with Crippen LogP contribution in [0.5, 0.6) is 0 Å². The zero-order valence-electron chi connectivity index (χ0n) is 11.9. The quantitative estimate of drug-likeness (QED) is 0.783. The van der Waals surface area contributed by atoms with E-state index < -0.39 is 42.1 Å². The number of rotatable bonds is 3. The molecule has 0 radical (unpaired) electrons. The number of carbonyl (C=O) groups is 3. The van der Waals surface area contributed by atoms with Gasteiger partial charge in [0.1, 0.15) is 12.0 Å². The molecule has 0 aromatic heterocycles. The lowest BCUT2D eigenvalue weighted by Crippen LogP contribution is -2.44. The lowest BCUT2D eigenvalue weighted by atomic mass is 10.0. The second-order valence-corrected chi connectivity index (χ2v) is 5.78. The summed E-state index contributed by atoms with van der Waals surface area (Å²) in [5.41, 5.74) is 1.19. The number of carboxylic acids is 1. The lowest BCUT2D eigenvalue weighted by Gasteiger charge is -2.15. The zero-order valence-corrected chi connectivity index (χ0v) is 11.9. The van der Waals surface area contributed by atoms with Gasteiger partial charge in [0.15, 0.2) is 0 Å². The van der Waals surface area contributed by atoms with Crippen molar-refractivity contribution >= 4 is 23.5 Å². The number of carboxylic acid groups (broad SMARTS) is 1. The number of anilines is 1. The Morgan fingerprint density at radius 1 is 1.35 bits per heavy atom. The Balaban J connectivity index is 1.72. The summed E-state index contributed by atoms with van der Waals surface area (Å²) < 4.78 is 25.8. The van der Waals surface area contributed by atoms with Crippen LogP contribution in [-0.4, -0.2) is 34.9 Å². The molecule has 6 nitrogen and oxygen atoms in total. The highest BCUT2D eigenvalue weighted by atomic mass is 19.3. The number of carbonyl (C=O) groups excluding carboxylic acids is 2. The van der Waals surface area contributed by atoms with Crippen molar-refractivity contribution in [3.63, 3.8) is 0 Å². The first-order valence-electron chi connectivity index (χ1n) is 7.13. The number of aryl methyl sites for hydroxylation is 1. The molecule has 23 heavy (non-hydrogen) atoms. The van der Waals surface area contributed by atoms with Gasteiger partial charge < -0.3 is 15.7 Å². The van der Waals surface area contributed by atoms with Gasteiger partial charge in [-0.2, -0.15) is 0 Å². The SMILES string of the molecule is O=C(O)c1ccc2c(c1)CCC(NC(=O)[C@@H]1CC1(F)F)C(=O)N2. The van der Waals surface area contributed by atoms with Gasteiger partial charge in [-0.05, 0) is 36.6 Å². The fraction of sp³-hybridized carbons (Fsp3) is 0.400. The van der Waals surface area contributed by atoms with Gasteiger partial charge in [0.25, 0.3) is 5.92 Å². The molecule has 1 heterocycles. The van der Waals surface area contributed by atoms with Gasteiger partial charge >= 0.3 is 5.97 Å². The zero-order chi connectivity index (χ0) is 16.8. The molecule has 3 rings (SSSR count). The molecular weight excluding hydrogens is 310 g/mol. The smallest absolute Gasteiger partial charge is 0.335 e. The number of amides is 2. The number of aromatic carboxylic acids is 1. The van der Waals surface area contributed by atoms with E-state index in [1.165, 1.54) is 18.2 Å². The first-order valence-corrected chi connectivity index (χ1v) is 7.13. The van der Waals surface area contributed by atoms with E-state index in [9.17, 15) is 23.2 Å². The number of hydrogen-bond donors (Lipinski definition) is 3. The molecule has 0 bridgehead atoms. The molecule has 1 fully saturated rings. The van der Waals surface area contributed by atoms with Gasteiger partial charge in [-0.3, -0.25) is 9.59 Å². The van der Waals surface area contributed by atoms with Gasteiger partial charge in [-0.1, -0.05) is 0 Å². The number of nitrogens with one attached hydrogen (secondary N) is 2. The lowest BCUT2D eigenvalue weighted by molar-refractivity contribution is -0.129. The average molecular weight is 324 g/mol. The Bertz CT molecular complexity index is 705. The summed E-state index contributed by atoms with van der Waals surface area (Å²) in [6.07, 6.45) is 0.0719. The predicted octanol–water partition coefficient (Wildman–Crippen LogP) is 1.41. The molecule has 1 aliphatic heterocycles. The van der Waals surface area contributed by atoms with E-state index in [0.29, 0.717) is 17.7 Å². The highest BCUT2D eigenvalue weighted by Crippen LogP contribution is 2.48. The van der Waals surface area contributed by atoms with Crippen LogP contribution in [0.1, 0.15) is 28.8 Å². The molecule has 1 aromatic carbocycles. The molecule has 122 valence electrons. The minimum Gasteiger partial charge on any atom is -0.478 e. The van der Waals surface area contributed by atoms with Gasteiger partial charge in [0, 0.05) is 12.1 Å². The summed E-state index contributed by atoms with van der Waals surface area (Å²) >= 11 is 0. The van der Waals surface area contributed by atoms with Crippen LogP contribution in [0.25, 0.3) is 0 Å². The number of hydrogen-bond acceptors (Lipinski definition) is 3. The summed E-state index contributed by atoms with van der Waals surface area (Å²) in [4.78, 5) is 34.8. The van der Waals surface area contributed by atoms with Crippen LogP contribution in [0.15, 0.2) is 18.2 Å². The van der Waals surface area contributed by atoms with Crippen LogP contribution in [0, 0.1) is 5.92 Å². The third kappa shape index (κ3) is 3.01. The normalized spacial score (nSPS) is 24.9. The monoisotopic (exact) mass is 324 g/mol. The van der Waals surface area contributed by atoms with Crippen molar-refractivity contribution in [1.82, 2.24) is 5.32 Å². The van der Waals surface area contributed by atoms with E-state index in [1.54, 1.807) is 0 Å². The molecule has 2 aliphatic rings. The standard InChI is InChI=1S/C15H14F2N2O4/c16-15(17)6-9(15)12(20)19-11-4-1-7-5-8(14(22)23)2-3-10(7)18-13(11)21/h2-3,5,9,11H,1,4,6H2,(H,18,21)(H,19,20)(H,22,23)/t9-,11?/m0/s1. The summed E-state index contributed by atoms with van der Waals surface area (Å²) in [5.74, 6) is -6.75. The Morgan fingerprint density at radius 2 is 2.04 bits per heavy atom. The van der Waals surface area contributed by atoms with Gasteiger partial charge in [-0.15, -0.1) is 0 Å². The molecule has 3 N–H and O–H groups in total. The van der Waals surface area contributed by atoms with E-state index in [-0.39, 0.29) is 12.0 Å². The molecule has 1 unspecified atom stereocenters. The Labute approximate surface area is 129 Å². The van der Waals surface area contributed by atoms with Crippen LogP contribution < -0.4 is 10.6 Å². The Morgan fingerprint density at radius 3 is 2.65 bits per heavy atom. The minimum absolute atomic E-state index is 0.0955. The summed E-state index contributed by atoms with van der Waals surface area (Å²) in [5, 5.41) is 13.9. The number of fused-ring (bicyclic) bond motifs is 1. The Hall–Kier alpha value is -2.51. The maximum absolute atomic E-state index is 12.9. The van der Waals surface area contributed by atoms with E-state index >= 15 is 0 Å². The van der Waals surface area contributed by atoms with Crippen molar-refractivity contribution < 1.29 is 28.3 Å². The third-order valence-electron chi connectivity index (χ3n) is 4.09. The molecule has 2 atom stereocenters. The van der Waals surface area contributed by atoms with Gasteiger partial charge in [0.05, 0.1) is 5.56 Å². The molecule has 1 saturated carbocycles. The van der Waals surface area contributed by atoms with Gasteiger partial charge in [-0.25, -0.2) is 13.6 Å². The van der Waals surface area contributed by atoms with Crippen LogP contribution in [0.3, 0.4) is 0 Å². The molecule has 2 amide bonds. The van der Waals surface area contributed by atoms with Gasteiger partial charge in [0.2, 0.25) is 11.8 Å². The van der Waals surface area contributed by atoms with Crippen molar-refractivity contribution in [3.8, 4) is 0 Å². The van der Waals surface area contributed by atoms with Crippen molar-refractivity contribution in [2.75, 3.05) is 5.32 Å². The van der Waals surface area contributed by atoms with E-state index in [2.05, 4.69) is 10.6 Å². The number of benzene rings is 1. The molecule has 0 saturated heterocycles. The fourth-order valence-corrected chi connectivity index (χ4v) is 2.61. The predicted molar refractivity (Wildman–Crippen MR) is 75.3 cm³/mol. The maximum Gasteiger partial charge on any atom is 0.335 e. The largest absolute Gasteiger partial charge is 0.478 e. The van der Waals surface area contributed by atoms with E-state index in [4.69, 9.17) is 5.11 Å². The molecule has 0 spiro atoms. The van der Waals surface area contributed by atoms with Crippen molar-refractivity contribution in [2.45, 2.75) is 31.2 Å². The maximum atomic E-state index is 12.9. The molecular formula is C15H14F2N2O4. The van der Waals surface area contributed by atoms with E-state index in [0.717, 1.165) is 0 Å². The first-order chi connectivity index (χ1) is 10.8. The summed E-state index contributed by atoms with van der Waals surface area (Å²) in [7, 11) is 0. The second-order valence-electron chi connectivity index (χ2n) is 5.78. The van der Waals surface area contributed by atoms with Crippen LogP contribution in [0.4, 0.5) is 14.5 Å². The second kappa shape index (κ2) is 5.29. The third-order valence-corrected chi connectivity index (χ3v) is 4.09. The van der Waals surface area contributed by atoms with Crippen molar-refractivity contribution in [2.24, 2.45) is 5.92 Å². The highest BCUT2D eigenvalue weighted by molar-refractivity contribution is 5.99. The fourth-order valence-electron chi connectivity index (χ4n) is 2.61. The average Bonchev–Trinajstić information content (AvgIpc) is 3.15. The number of halogens is 2. The van der Waals surface area contributed by atoms with Crippen molar-refractivity contribution in [3.05, 3.63) is 29.3 Å². The summed E-state index contributed by atoms with van der Waals surface area (Å²) in [6, 6.07) is 3.39.